The van der Waals surface area contributed by atoms with E-state index >= 15 is 0 Å². The molecule has 2 N–H and O–H groups in total. The highest BCUT2D eigenvalue weighted by Gasteiger charge is 2.20. The van der Waals surface area contributed by atoms with Gasteiger partial charge in [-0.2, -0.15) is 0 Å². The van der Waals surface area contributed by atoms with Crippen LogP contribution in [-0.4, -0.2) is 16.7 Å². The van der Waals surface area contributed by atoms with Crippen molar-refractivity contribution in [3.8, 4) is 0 Å². The first kappa shape index (κ1) is 15.6. The van der Waals surface area contributed by atoms with Gasteiger partial charge in [-0.3, -0.25) is 30.6 Å². The molecule has 108 valence electrons. The summed E-state index contributed by atoms with van der Waals surface area (Å²) in [6, 6.07) is 5.55. The summed E-state index contributed by atoms with van der Waals surface area (Å²) in [6.07, 6.45) is 1.31. The van der Waals surface area contributed by atoms with Crippen LogP contribution >= 0.6 is 0 Å². The first-order chi connectivity index (χ1) is 9.51. The van der Waals surface area contributed by atoms with E-state index in [9.17, 15) is 19.7 Å². The van der Waals surface area contributed by atoms with Crippen LogP contribution in [0.15, 0.2) is 24.3 Å². The number of nitro benzene ring substituents is 1. The highest BCUT2D eigenvalue weighted by molar-refractivity contribution is 5.99. The molecule has 0 saturated carbocycles. The average Bonchev–Trinajstić information content (AvgIpc) is 2.46. The van der Waals surface area contributed by atoms with Gasteiger partial charge < -0.3 is 0 Å². The molecule has 0 heterocycles. The van der Waals surface area contributed by atoms with Crippen LogP contribution in [0.1, 0.15) is 37.0 Å². The number of hydrogen-bond acceptors (Lipinski definition) is 4. The zero-order valence-electron chi connectivity index (χ0n) is 11.4. The van der Waals surface area contributed by atoms with E-state index in [0.29, 0.717) is 12.8 Å². The third kappa shape index (κ3) is 3.78. The Hall–Kier alpha value is -2.44. The van der Waals surface area contributed by atoms with Crippen LogP contribution in [0, 0.1) is 16.0 Å². The van der Waals surface area contributed by atoms with Crippen molar-refractivity contribution >= 4 is 17.5 Å². The number of rotatable bonds is 5. The second kappa shape index (κ2) is 7.22. The Kier molecular flexibility index (Phi) is 5.64. The number of amides is 2. The van der Waals surface area contributed by atoms with Crippen molar-refractivity contribution < 1.29 is 14.5 Å². The van der Waals surface area contributed by atoms with E-state index in [2.05, 4.69) is 10.9 Å². The van der Waals surface area contributed by atoms with Gasteiger partial charge in [-0.15, -0.1) is 0 Å². The van der Waals surface area contributed by atoms with Crippen molar-refractivity contribution in [3.05, 3.63) is 39.9 Å². The smallest absolute Gasteiger partial charge is 0.273 e. The number of para-hydroxylation sites is 1. The maximum atomic E-state index is 11.8. The van der Waals surface area contributed by atoms with Crippen molar-refractivity contribution in [3.63, 3.8) is 0 Å². The zero-order valence-corrected chi connectivity index (χ0v) is 11.4. The Balaban J connectivity index is 2.73. The minimum atomic E-state index is -0.711. The molecule has 0 spiro atoms. The second-order valence-electron chi connectivity index (χ2n) is 4.23. The van der Waals surface area contributed by atoms with Crippen molar-refractivity contribution in [2.24, 2.45) is 5.92 Å². The fourth-order valence-corrected chi connectivity index (χ4v) is 1.77. The number of nitro groups is 1. The van der Waals surface area contributed by atoms with E-state index in [4.69, 9.17) is 0 Å². The summed E-state index contributed by atoms with van der Waals surface area (Å²) in [6.45, 7) is 3.75. The van der Waals surface area contributed by atoms with Gasteiger partial charge in [0.05, 0.1) is 4.92 Å². The molecule has 0 aliphatic rings. The van der Waals surface area contributed by atoms with Crippen LogP contribution in [0.2, 0.25) is 0 Å². The van der Waals surface area contributed by atoms with E-state index in [0.717, 1.165) is 0 Å². The Morgan fingerprint density at radius 2 is 1.80 bits per heavy atom. The predicted molar refractivity (Wildman–Crippen MR) is 72.8 cm³/mol. The Bertz CT molecular complexity index is 512. The van der Waals surface area contributed by atoms with Crippen molar-refractivity contribution in [1.82, 2.24) is 10.9 Å². The van der Waals surface area contributed by atoms with Crippen molar-refractivity contribution in [1.29, 1.82) is 0 Å². The van der Waals surface area contributed by atoms with Crippen LogP contribution < -0.4 is 10.9 Å². The lowest BCUT2D eigenvalue weighted by Crippen LogP contribution is -2.44. The van der Waals surface area contributed by atoms with E-state index in [1.807, 2.05) is 13.8 Å². The van der Waals surface area contributed by atoms with Gasteiger partial charge in [-0.25, -0.2) is 0 Å². The van der Waals surface area contributed by atoms with Crippen molar-refractivity contribution in [2.45, 2.75) is 26.7 Å². The molecule has 0 aliphatic carbocycles. The van der Waals surface area contributed by atoms with Gasteiger partial charge in [-0.05, 0) is 18.9 Å². The van der Waals surface area contributed by atoms with Gasteiger partial charge in [-0.1, -0.05) is 26.0 Å². The maximum Gasteiger partial charge on any atom is 0.282 e. The SMILES string of the molecule is CCC(CC)C(=O)NNC(=O)c1ccccc1[N+](=O)[O-]. The Labute approximate surface area is 116 Å². The highest BCUT2D eigenvalue weighted by atomic mass is 16.6. The normalized spacial score (nSPS) is 10.2. The third-order valence-corrected chi connectivity index (χ3v) is 3.00. The van der Waals surface area contributed by atoms with E-state index in [-0.39, 0.29) is 23.1 Å². The van der Waals surface area contributed by atoms with Crippen molar-refractivity contribution in [2.75, 3.05) is 0 Å². The molecule has 7 nitrogen and oxygen atoms in total. The van der Waals surface area contributed by atoms with Gasteiger partial charge >= 0.3 is 0 Å². The minimum Gasteiger partial charge on any atom is -0.273 e. The quantitative estimate of drug-likeness (QED) is 0.633. The summed E-state index contributed by atoms with van der Waals surface area (Å²) in [5.41, 5.74) is 4.09. The number of nitrogens with one attached hydrogen (secondary N) is 2. The van der Waals surface area contributed by atoms with Gasteiger partial charge in [0, 0.05) is 12.0 Å². The minimum absolute atomic E-state index is 0.0950. The molecular formula is C13H17N3O4. The topological polar surface area (TPSA) is 101 Å². The molecule has 7 heteroatoms. The highest BCUT2D eigenvalue weighted by Crippen LogP contribution is 2.17. The number of benzene rings is 1. The number of carbonyl (C=O) groups is 2. The molecule has 0 atom stereocenters. The number of hydrazine groups is 1. The van der Waals surface area contributed by atoms with E-state index in [1.54, 1.807) is 0 Å². The summed E-state index contributed by atoms with van der Waals surface area (Å²) < 4.78 is 0. The number of carbonyl (C=O) groups excluding carboxylic acids is 2. The van der Waals surface area contributed by atoms with Gasteiger partial charge in [0.2, 0.25) is 5.91 Å². The molecule has 0 aliphatic heterocycles. The van der Waals surface area contributed by atoms with Gasteiger partial charge in [0.25, 0.3) is 11.6 Å². The Morgan fingerprint density at radius 3 is 2.35 bits per heavy atom. The average molecular weight is 279 g/mol. The zero-order chi connectivity index (χ0) is 15.1. The van der Waals surface area contributed by atoms with E-state index < -0.39 is 10.8 Å². The number of nitrogens with zero attached hydrogens (tertiary/aromatic N) is 1. The molecule has 1 aromatic rings. The molecule has 0 saturated heterocycles. The van der Waals surface area contributed by atoms with Gasteiger partial charge in [0.15, 0.2) is 0 Å². The number of hydrogen-bond donors (Lipinski definition) is 2. The molecular weight excluding hydrogens is 262 g/mol. The molecule has 0 radical (unpaired) electrons. The summed E-state index contributed by atoms with van der Waals surface area (Å²) in [7, 11) is 0. The molecule has 1 aromatic carbocycles. The fourth-order valence-electron chi connectivity index (χ4n) is 1.77. The summed E-state index contributed by atoms with van der Waals surface area (Å²) >= 11 is 0. The lowest BCUT2D eigenvalue weighted by atomic mass is 10.0. The molecule has 1 rings (SSSR count). The first-order valence-electron chi connectivity index (χ1n) is 6.34. The summed E-state index contributed by atoms with van der Waals surface area (Å²) in [4.78, 5) is 33.7. The fraction of sp³-hybridized carbons (Fsp3) is 0.385. The predicted octanol–water partition coefficient (Wildman–Crippen LogP) is 1.79. The molecule has 0 fully saturated rings. The first-order valence-corrected chi connectivity index (χ1v) is 6.34. The molecule has 0 bridgehead atoms. The summed E-state index contributed by atoms with van der Waals surface area (Å²) in [5.74, 6) is -1.21. The van der Waals surface area contributed by atoms with Crippen LogP contribution in [0.25, 0.3) is 0 Å². The molecule has 2 amide bonds. The van der Waals surface area contributed by atoms with E-state index in [1.165, 1.54) is 24.3 Å². The third-order valence-electron chi connectivity index (χ3n) is 3.00. The van der Waals surface area contributed by atoms with Gasteiger partial charge in [0.1, 0.15) is 5.56 Å². The monoisotopic (exact) mass is 279 g/mol. The molecule has 0 unspecified atom stereocenters. The van der Waals surface area contributed by atoms with Crippen LogP contribution in [0.3, 0.4) is 0 Å². The molecule has 20 heavy (non-hydrogen) atoms. The lowest BCUT2D eigenvalue weighted by Gasteiger charge is -2.13. The second-order valence-corrected chi connectivity index (χ2v) is 4.23. The van der Waals surface area contributed by atoms with Crippen LogP contribution in [0.4, 0.5) is 5.69 Å². The Morgan fingerprint density at radius 1 is 1.20 bits per heavy atom. The molecule has 0 aromatic heterocycles. The van der Waals surface area contributed by atoms with Crippen LogP contribution in [-0.2, 0) is 4.79 Å². The summed E-state index contributed by atoms with van der Waals surface area (Å²) in [5, 5.41) is 10.8. The lowest BCUT2D eigenvalue weighted by molar-refractivity contribution is -0.385. The maximum absolute atomic E-state index is 11.8. The largest absolute Gasteiger partial charge is 0.282 e. The van der Waals surface area contributed by atoms with Crippen LogP contribution in [0.5, 0.6) is 0 Å². The standard InChI is InChI=1S/C13H17N3O4/c1-3-9(4-2)12(17)14-15-13(18)10-7-5-6-8-11(10)16(19)20/h5-9H,3-4H2,1-2H3,(H,14,17)(H,15,18).